The van der Waals surface area contributed by atoms with Crippen LogP contribution in [-0.4, -0.2) is 12.1 Å². The van der Waals surface area contributed by atoms with Crippen LogP contribution in [-0.2, 0) is 0 Å². The van der Waals surface area contributed by atoms with E-state index in [1.807, 2.05) is 12.1 Å². The number of methoxy groups -OCH3 is 1. The van der Waals surface area contributed by atoms with Crippen molar-refractivity contribution in [2.24, 2.45) is 0 Å². The third kappa shape index (κ3) is 2.74. The molecule has 0 amide bonds. The predicted molar refractivity (Wildman–Crippen MR) is 68.2 cm³/mol. The summed E-state index contributed by atoms with van der Waals surface area (Å²) in [5.74, 6) is 0.473. The molecular formula is C12H10BrFN2O. The van der Waals surface area contributed by atoms with Gasteiger partial charge in [-0.25, -0.2) is 9.37 Å². The number of nitrogens with one attached hydrogen (secondary N) is 1. The summed E-state index contributed by atoms with van der Waals surface area (Å²) in [5.41, 5.74) is 0.711. The molecule has 0 atom stereocenters. The number of hydrogen-bond donors (Lipinski definition) is 1. The van der Waals surface area contributed by atoms with Crippen LogP contribution < -0.4 is 10.1 Å². The van der Waals surface area contributed by atoms with E-state index in [-0.39, 0.29) is 5.75 Å². The Bertz CT molecular complexity index is 534. The van der Waals surface area contributed by atoms with Gasteiger partial charge in [-0.15, -0.1) is 0 Å². The first-order valence-electron chi connectivity index (χ1n) is 4.92. The summed E-state index contributed by atoms with van der Waals surface area (Å²) in [6, 6.07) is 8.24. The number of anilines is 2. The fraction of sp³-hybridized carbons (Fsp3) is 0.0833. The Morgan fingerprint density at radius 1 is 1.35 bits per heavy atom. The topological polar surface area (TPSA) is 34.1 Å². The molecule has 2 aromatic rings. The molecule has 0 aliphatic carbocycles. The van der Waals surface area contributed by atoms with Gasteiger partial charge in [-0.05, 0) is 40.2 Å². The minimum Gasteiger partial charge on any atom is -0.494 e. The molecule has 3 nitrogen and oxygen atoms in total. The van der Waals surface area contributed by atoms with Crippen LogP contribution in [0.1, 0.15) is 0 Å². The molecule has 0 aliphatic heterocycles. The lowest BCUT2D eigenvalue weighted by Crippen LogP contribution is -1.96. The second-order valence-electron chi connectivity index (χ2n) is 3.31. The third-order valence-corrected chi connectivity index (χ3v) is 2.81. The van der Waals surface area contributed by atoms with Crippen LogP contribution >= 0.6 is 15.9 Å². The summed E-state index contributed by atoms with van der Waals surface area (Å²) in [6.07, 6.45) is 1.67. The second kappa shape index (κ2) is 5.14. The minimum atomic E-state index is -0.391. The van der Waals surface area contributed by atoms with Gasteiger partial charge in [-0.3, -0.25) is 0 Å². The Hall–Kier alpha value is -1.62. The molecule has 0 fully saturated rings. The molecule has 0 unspecified atom stereocenters. The first kappa shape index (κ1) is 11.9. The fourth-order valence-electron chi connectivity index (χ4n) is 1.35. The van der Waals surface area contributed by atoms with Crippen molar-refractivity contribution in [2.75, 3.05) is 12.4 Å². The highest BCUT2D eigenvalue weighted by Gasteiger charge is 2.05. The maximum absolute atomic E-state index is 13.2. The van der Waals surface area contributed by atoms with Gasteiger partial charge < -0.3 is 10.1 Å². The van der Waals surface area contributed by atoms with Crippen LogP contribution in [0.25, 0.3) is 0 Å². The lowest BCUT2D eigenvalue weighted by molar-refractivity contribution is 0.387. The van der Waals surface area contributed by atoms with Crippen molar-refractivity contribution in [3.8, 4) is 5.75 Å². The summed E-state index contributed by atoms with van der Waals surface area (Å²) in [6.45, 7) is 0. The largest absolute Gasteiger partial charge is 0.494 e. The van der Waals surface area contributed by atoms with Gasteiger partial charge in [0.15, 0.2) is 11.6 Å². The Labute approximate surface area is 107 Å². The molecule has 1 aromatic heterocycles. The van der Waals surface area contributed by atoms with Gasteiger partial charge >= 0.3 is 0 Å². The van der Waals surface area contributed by atoms with E-state index in [1.54, 1.807) is 18.3 Å². The lowest BCUT2D eigenvalue weighted by Gasteiger charge is -2.09. The van der Waals surface area contributed by atoms with E-state index in [1.165, 1.54) is 13.2 Å². The monoisotopic (exact) mass is 296 g/mol. The van der Waals surface area contributed by atoms with Gasteiger partial charge in [0.1, 0.15) is 5.82 Å². The first-order chi connectivity index (χ1) is 8.20. The molecule has 17 heavy (non-hydrogen) atoms. The average Bonchev–Trinajstić information content (AvgIpc) is 2.34. The maximum atomic E-state index is 13.2. The number of ether oxygens (including phenoxy) is 1. The number of hydrogen-bond acceptors (Lipinski definition) is 3. The SMILES string of the molecule is COc1cc(Nc2ncccc2Br)ccc1F. The molecule has 5 heteroatoms. The smallest absolute Gasteiger partial charge is 0.165 e. The first-order valence-corrected chi connectivity index (χ1v) is 5.71. The van der Waals surface area contributed by atoms with Crippen LogP contribution in [0, 0.1) is 5.82 Å². The quantitative estimate of drug-likeness (QED) is 0.937. The molecule has 0 saturated carbocycles. The number of halogens is 2. The molecule has 1 N–H and O–H groups in total. The zero-order valence-corrected chi connectivity index (χ0v) is 10.7. The summed E-state index contributed by atoms with van der Waals surface area (Å²) >= 11 is 3.37. The predicted octanol–water partition coefficient (Wildman–Crippen LogP) is 3.74. The standard InChI is InChI=1S/C12H10BrFN2O/c1-17-11-7-8(4-5-10(11)14)16-12-9(13)3-2-6-15-12/h2-7H,1H3,(H,15,16). The summed E-state index contributed by atoms with van der Waals surface area (Å²) in [5, 5.41) is 3.07. The van der Waals surface area contributed by atoms with Gasteiger partial charge in [0.25, 0.3) is 0 Å². The lowest BCUT2D eigenvalue weighted by atomic mass is 10.3. The molecule has 0 saturated heterocycles. The zero-order valence-electron chi connectivity index (χ0n) is 9.08. The number of pyridine rings is 1. The molecule has 88 valence electrons. The van der Waals surface area contributed by atoms with Crippen molar-refractivity contribution >= 4 is 27.4 Å². The molecule has 1 heterocycles. The molecule has 0 radical (unpaired) electrons. The second-order valence-corrected chi connectivity index (χ2v) is 4.16. The normalized spacial score (nSPS) is 10.1. The summed E-state index contributed by atoms with van der Waals surface area (Å²) < 4.78 is 19.0. The number of nitrogens with zero attached hydrogens (tertiary/aromatic N) is 1. The van der Waals surface area contributed by atoms with Gasteiger partial charge in [0, 0.05) is 18.0 Å². The van der Waals surface area contributed by atoms with Gasteiger partial charge in [0.05, 0.1) is 11.6 Å². The number of rotatable bonds is 3. The summed E-state index contributed by atoms with van der Waals surface area (Å²) in [7, 11) is 1.43. The zero-order chi connectivity index (χ0) is 12.3. The Kier molecular flexibility index (Phi) is 3.58. The van der Waals surface area contributed by atoms with Crippen molar-refractivity contribution in [3.63, 3.8) is 0 Å². The third-order valence-electron chi connectivity index (χ3n) is 2.17. The van der Waals surface area contributed by atoms with E-state index in [2.05, 4.69) is 26.2 Å². The van der Waals surface area contributed by atoms with Crippen LogP contribution in [0.4, 0.5) is 15.9 Å². The highest BCUT2D eigenvalue weighted by molar-refractivity contribution is 9.10. The molecule has 0 spiro atoms. The maximum Gasteiger partial charge on any atom is 0.165 e. The van der Waals surface area contributed by atoms with Crippen molar-refractivity contribution in [1.29, 1.82) is 0 Å². The molecule has 0 bridgehead atoms. The van der Waals surface area contributed by atoms with Crippen LogP contribution in [0.2, 0.25) is 0 Å². The summed E-state index contributed by atoms with van der Waals surface area (Å²) in [4.78, 5) is 4.16. The van der Waals surface area contributed by atoms with E-state index in [0.717, 1.165) is 4.47 Å². The molecule has 2 rings (SSSR count). The Balaban J connectivity index is 2.28. The number of benzene rings is 1. The van der Waals surface area contributed by atoms with E-state index in [9.17, 15) is 4.39 Å². The highest BCUT2D eigenvalue weighted by Crippen LogP contribution is 2.26. The van der Waals surface area contributed by atoms with Crippen molar-refractivity contribution in [2.45, 2.75) is 0 Å². The van der Waals surface area contributed by atoms with Crippen molar-refractivity contribution in [1.82, 2.24) is 4.98 Å². The van der Waals surface area contributed by atoms with Crippen LogP contribution in [0.3, 0.4) is 0 Å². The van der Waals surface area contributed by atoms with Crippen molar-refractivity contribution in [3.05, 3.63) is 46.8 Å². The van der Waals surface area contributed by atoms with Gasteiger partial charge in [-0.1, -0.05) is 0 Å². The van der Waals surface area contributed by atoms with Crippen molar-refractivity contribution < 1.29 is 9.13 Å². The van der Waals surface area contributed by atoms with Crippen LogP contribution in [0.5, 0.6) is 5.75 Å². The van der Waals surface area contributed by atoms with E-state index in [4.69, 9.17) is 4.74 Å². The van der Waals surface area contributed by atoms with E-state index >= 15 is 0 Å². The molecule has 0 aliphatic rings. The number of aromatic nitrogens is 1. The average molecular weight is 297 g/mol. The molecular weight excluding hydrogens is 287 g/mol. The van der Waals surface area contributed by atoms with E-state index in [0.29, 0.717) is 11.5 Å². The van der Waals surface area contributed by atoms with Crippen LogP contribution in [0.15, 0.2) is 41.0 Å². The van der Waals surface area contributed by atoms with E-state index < -0.39 is 5.82 Å². The van der Waals surface area contributed by atoms with Gasteiger partial charge in [0.2, 0.25) is 0 Å². The fourth-order valence-corrected chi connectivity index (χ4v) is 1.71. The highest BCUT2D eigenvalue weighted by atomic mass is 79.9. The Morgan fingerprint density at radius 2 is 2.18 bits per heavy atom. The molecule has 1 aromatic carbocycles. The minimum absolute atomic E-state index is 0.196. The Morgan fingerprint density at radius 3 is 2.88 bits per heavy atom. The van der Waals surface area contributed by atoms with Gasteiger partial charge in [-0.2, -0.15) is 0 Å².